The molecule has 6 N–H and O–H groups in total. The molecule has 0 aliphatic carbocycles. The summed E-state index contributed by atoms with van der Waals surface area (Å²) in [5, 5.41) is 11.1. The molecule has 4 aromatic rings. The molecule has 46 heavy (non-hydrogen) atoms. The Balaban J connectivity index is 1.04. The summed E-state index contributed by atoms with van der Waals surface area (Å²) in [5.41, 5.74) is 15.2. The predicted molar refractivity (Wildman–Crippen MR) is 171 cm³/mol. The highest BCUT2D eigenvalue weighted by atomic mass is 16.6. The largest absolute Gasteiger partial charge is 0.424 e. The summed E-state index contributed by atoms with van der Waals surface area (Å²) in [4.78, 5) is 36.0. The first-order valence-corrected chi connectivity index (χ1v) is 15.4. The van der Waals surface area contributed by atoms with Gasteiger partial charge in [0.15, 0.2) is 11.2 Å². The van der Waals surface area contributed by atoms with Crippen molar-refractivity contribution in [3.8, 4) is 11.3 Å². The van der Waals surface area contributed by atoms with Crippen molar-refractivity contribution >= 4 is 45.8 Å². The third-order valence-electron chi connectivity index (χ3n) is 6.83. The summed E-state index contributed by atoms with van der Waals surface area (Å²) in [5.74, 6) is 0.282. The van der Waals surface area contributed by atoms with Gasteiger partial charge < -0.3 is 45.5 Å². The molecule has 2 amide bonds. The van der Waals surface area contributed by atoms with Crippen LogP contribution in [0.5, 0.6) is 0 Å². The van der Waals surface area contributed by atoms with Gasteiger partial charge in [-0.05, 0) is 31.0 Å². The Morgan fingerprint density at radius 3 is 2.30 bits per heavy atom. The van der Waals surface area contributed by atoms with Crippen molar-refractivity contribution in [2.24, 2.45) is 0 Å². The van der Waals surface area contributed by atoms with Gasteiger partial charge >= 0.3 is 0 Å². The maximum atomic E-state index is 12.2. The monoisotopic (exact) mass is 641 g/mol. The number of aromatic nitrogens is 5. The zero-order valence-corrected chi connectivity index (χ0v) is 26.2. The first kappa shape index (κ1) is 34.5. The summed E-state index contributed by atoms with van der Waals surface area (Å²) in [6.07, 6.45) is 3.69. The number of fused-ring (bicyclic) bond motifs is 2. The van der Waals surface area contributed by atoms with Gasteiger partial charge in [-0.25, -0.2) is 14.6 Å². The number of hydrogen-bond donors (Lipinski definition) is 4. The van der Waals surface area contributed by atoms with Gasteiger partial charge in [-0.1, -0.05) is 6.92 Å². The van der Waals surface area contributed by atoms with E-state index in [4.69, 9.17) is 39.9 Å². The Kier molecular flexibility index (Phi) is 13.9. The average molecular weight is 642 g/mol. The lowest BCUT2D eigenvalue weighted by Crippen LogP contribution is -2.26. The molecule has 4 rings (SSSR count). The van der Waals surface area contributed by atoms with Gasteiger partial charge in [0.2, 0.25) is 11.8 Å². The van der Waals surface area contributed by atoms with Gasteiger partial charge in [-0.2, -0.15) is 10.1 Å². The molecule has 1 aromatic carbocycles. The number of hydrogen-bond acceptors (Lipinski definition) is 13. The molecular weight excluding hydrogens is 598 g/mol. The van der Waals surface area contributed by atoms with Crippen molar-refractivity contribution in [3.05, 3.63) is 24.5 Å². The topological polar surface area (TPSA) is 217 Å². The highest BCUT2D eigenvalue weighted by molar-refractivity contribution is 5.99. The van der Waals surface area contributed by atoms with Gasteiger partial charge in [0.05, 0.1) is 58.2 Å². The lowest BCUT2D eigenvalue weighted by molar-refractivity contribution is -0.122. The highest BCUT2D eigenvalue weighted by Crippen LogP contribution is 2.32. The number of amides is 2. The number of unbranched alkanes of at least 4 members (excludes halogenated alkanes) is 1. The number of oxazole rings is 1. The van der Waals surface area contributed by atoms with Crippen LogP contribution < -0.4 is 22.1 Å². The maximum absolute atomic E-state index is 12.2. The molecule has 16 nitrogen and oxygen atoms in total. The lowest BCUT2D eigenvalue weighted by Gasteiger charge is -2.08. The van der Waals surface area contributed by atoms with Crippen LogP contribution >= 0.6 is 0 Å². The Bertz CT molecular complexity index is 1540. The van der Waals surface area contributed by atoms with Crippen molar-refractivity contribution in [3.63, 3.8) is 0 Å². The third kappa shape index (κ3) is 10.6. The van der Waals surface area contributed by atoms with Gasteiger partial charge in [-0.3, -0.25) is 9.59 Å². The van der Waals surface area contributed by atoms with Crippen LogP contribution in [0, 0.1) is 0 Å². The fourth-order valence-corrected chi connectivity index (χ4v) is 4.50. The molecule has 0 aliphatic rings. The van der Waals surface area contributed by atoms with E-state index in [0.29, 0.717) is 113 Å². The fraction of sp³-hybridized carbons (Fsp3) is 0.533. The van der Waals surface area contributed by atoms with E-state index in [1.807, 2.05) is 16.8 Å². The summed E-state index contributed by atoms with van der Waals surface area (Å²) in [6, 6.07) is 5.60. The summed E-state index contributed by atoms with van der Waals surface area (Å²) in [7, 11) is 0. The second kappa shape index (κ2) is 18.6. The molecule has 3 heterocycles. The number of nitrogens with two attached hydrogens (primary N) is 2. The zero-order chi connectivity index (χ0) is 32.6. The Hall–Kier alpha value is -4.38. The predicted octanol–water partition coefficient (Wildman–Crippen LogP) is 1.68. The maximum Gasteiger partial charge on any atom is 0.292 e. The molecule has 0 unspecified atom stereocenters. The molecule has 0 fully saturated rings. The van der Waals surface area contributed by atoms with E-state index < -0.39 is 0 Å². The summed E-state index contributed by atoms with van der Waals surface area (Å²) >= 11 is 0. The van der Waals surface area contributed by atoms with Crippen molar-refractivity contribution in [2.75, 3.05) is 77.4 Å². The Morgan fingerprint density at radius 2 is 1.57 bits per heavy atom. The number of aryl methyl sites for hydroxylation is 1. The van der Waals surface area contributed by atoms with Crippen molar-refractivity contribution in [1.29, 1.82) is 0 Å². The highest BCUT2D eigenvalue weighted by Gasteiger charge is 2.18. The fourth-order valence-electron chi connectivity index (χ4n) is 4.50. The van der Waals surface area contributed by atoms with Crippen LogP contribution in [0.25, 0.3) is 33.4 Å². The van der Waals surface area contributed by atoms with E-state index >= 15 is 0 Å². The minimum absolute atomic E-state index is 0.0119. The molecule has 0 radical (unpaired) electrons. The molecule has 0 saturated carbocycles. The standard InChI is InChI=1S/C30H43N9O7/c1-2-24(40)34-9-12-43-14-16-45-18-17-44-15-13-42-11-7-25(41)33-8-3-4-10-39-29-26(28(31)35-20-36-29)27(38-39)21-5-6-23-22(19-21)37-30(32)46-23/h5-6,19-20H,2-4,7-18H2,1H3,(H2,32,37)(H,33,41)(H,34,40)(H2,31,35,36). The number of nitrogens with one attached hydrogen (secondary N) is 2. The van der Waals surface area contributed by atoms with Crippen LogP contribution in [0.3, 0.4) is 0 Å². The minimum atomic E-state index is -0.0690. The molecule has 16 heteroatoms. The SMILES string of the molecule is CCC(=O)NCCOCCOCCOCCOCCC(=O)NCCCCn1nc(-c2ccc3oc(N)nc3c2)c2c(N)ncnc21. The molecular formula is C30H43N9O7. The molecule has 250 valence electrons. The first-order chi connectivity index (χ1) is 22.5. The van der Waals surface area contributed by atoms with Crippen molar-refractivity contribution in [2.45, 2.75) is 39.2 Å². The molecule has 0 saturated heterocycles. The van der Waals surface area contributed by atoms with Crippen LogP contribution in [0.15, 0.2) is 28.9 Å². The number of nitrogens with zero attached hydrogens (tertiary/aromatic N) is 5. The van der Waals surface area contributed by atoms with Crippen LogP contribution in [-0.2, 0) is 35.1 Å². The quantitative estimate of drug-likeness (QED) is 0.0899. The number of benzene rings is 1. The number of rotatable bonds is 22. The normalized spacial score (nSPS) is 11.4. The van der Waals surface area contributed by atoms with E-state index in [-0.39, 0.29) is 24.2 Å². The summed E-state index contributed by atoms with van der Waals surface area (Å²) in [6.45, 7) is 6.84. The van der Waals surface area contributed by atoms with Crippen LogP contribution in [0.4, 0.5) is 11.8 Å². The Labute approximate surface area is 266 Å². The van der Waals surface area contributed by atoms with Gasteiger partial charge in [-0.15, -0.1) is 0 Å². The second-order valence-electron chi connectivity index (χ2n) is 10.2. The van der Waals surface area contributed by atoms with E-state index in [1.54, 1.807) is 13.0 Å². The smallest absolute Gasteiger partial charge is 0.292 e. The van der Waals surface area contributed by atoms with E-state index in [0.717, 1.165) is 18.4 Å². The number of ether oxygens (including phenoxy) is 4. The van der Waals surface area contributed by atoms with Gasteiger partial charge in [0.25, 0.3) is 6.01 Å². The van der Waals surface area contributed by atoms with E-state index in [1.165, 1.54) is 6.33 Å². The minimum Gasteiger partial charge on any atom is -0.424 e. The molecule has 0 aliphatic heterocycles. The first-order valence-electron chi connectivity index (χ1n) is 15.4. The number of carbonyl (C=O) groups excluding carboxylic acids is 2. The number of carbonyl (C=O) groups is 2. The molecule has 3 aromatic heterocycles. The number of nitrogen functional groups attached to an aromatic ring is 2. The summed E-state index contributed by atoms with van der Waals surface area (Å²) < 4.78 is 28.9. The third-order valence-corrected chi connectivity index (χ3v) is 6.83. The van der Waals surface area contributed by atoms with Crippen molar-refractivity contribution in [1.82, 2.24) is 35.4 Å². The van der Waals surface area contributed by atoms with Gasteiger partial charge in [0, 0.05) is 38.0 Å². The molecule has 0 atom stereocenters. The van der Waals surface area contributed by atoms with Crippen LogP contribution in [-0.4, -0.2) is 102 Å². The molecule has 0 spiro atoms. The van der Waals surface area contributed by atoms with Crippen LogP contribution in [0.1, 0.15) is 32.6 Å². The van der Waals surface area contributed by atoms with E-state index in [9.17, 15) is 9.59 Å². The number of anilines is 2. The van der Waals surface area contributed by atoms with Crippen LogP contribution in [0.2, 0.25) is 0 Å². The van der Waals surface area contributed by atoms with Crippen molar-refractivity contribution < 1.29 is 33.0 Å². The molecule has 0 bridgehead atoms. The lowest BCUT2D eigenvalue weighted by atomic mass is 10.1. The Morgan fingerprint density at radius 1 is 0.870 bits per heavy atom. The van der Waals surface area contributed by atoms with E-state index in [2.05, 4.69) is 25.6 Å². The van der Waals surface area contributed by atoms with Gasteiger partial charge in [0.1, 0.15) is 23.4 Å². The second-order valence-corrected chi connectivity index (χ2v) is 10.2. The average Bonchev–Trinajstić information content (AvgIpc) is 3.62. The zero-order valence-electron chi connectivity index (χ0n) is 26.2.